The summed E-state index contributed by atoms with van der Waals surface area (Å²) >= 11 is 0. The van der Waals surface area contributed by atoms with Gasteiger partial charge in [0.05, 0.1) is 0 Å². The molecular weight excluding hydrogens is 176 g/mol. The van der Waals surface area contributed by atoms with Crippen LogP contribution in [0, 0.1) is 5.41 Å². The Bertz CT molecular complexity index is 286. The maximum Gasteiger partial charge on any atom is 0.137 e. The molecule has 0 aromatic carbocycles. The van der Waals surface area contributed by atoms with Gasteiger partial charge >= 0.3 is 0 Å². The van der Waals surface area contributed by atoms with E-state index in [4.69, 9.17) is 0 Å². The van der Waals surface area contributed by atoms with Crippen LogP contribution in [0.2, 0.25) is 0 Å². The van der Waals surface area contributed by atoms with E-state index in [0.717, 1.165) is 18.7 Å². The minimum atomic E-state index is -0.436. The summed E-state index contributed by atoms with van der Waals surface area (Å²) in [5.41, 5.74) is 0.270. The van der Waals surface area contributed by atoms with Crippen LogP contribution < -0.4 is 0 Å². The van der Waals surface area contributed by atoms with Gasteiger partial charge in [0.1, 0.15) is 11.9 Å². The standard InChI is InChI=1S/C11H20N2O/c1-11(2,3)6-5-9(14)10-12-7-8-13(10)4/h7-9,14H,5-6H2,1-4H3. The van der Waals surface area contributed by atoms with Crippen molar-refractivity contribution in [2.75, 3.05) is 0 Å². The van der Waals surface area contributed by atoms with Gasteiger partial charge < -0.3 is 9.67 Å². The van der Waals surface area contributed by atoms with E-state index in [-0.39, 0.29) is 5.41 Å². The molecule has 0 bridgehead atoms. The summed E-state index contributed by atoms with van der Waals surface area (Å²) < 4.78 is 1.87. The molecule has 1 atom stereocenters. The molecule has 3 heteroatoms. The molecule has 80 valence electrons. The molecule has 0 spiro atoms. The fourth-order valence-electron chi connectivity index (χ4n) is 1.40. The summed E-state index contributed by atoms with van der Waals surface area (Å²) in [5, 5.41) is 9.87. The molecule has 0 amide bonds. The normalized spacial score (nSPS) is 14.4. The highest BCUT2D eigenvalue weighted by Crippen LogP contribution is 2.26. The van der Waals surface area contributed by atoms with Crippen LogP contribution in [0.3, 0.4) is 0 Å². The second kappa shape index (κ2) is 4.13. The van der Waals surface area contributed by atoms with Gasteiger partial charge in [0, 0.05) is 19.4 Å². The van der Waals surface area contributed by atoms with E-state index >= 15 is 0 Å². The van der Waals surface area contributed by atoms with Crippen molar-refractivity contribution in [1.29, 1.82) is 0 Å². The first-order valence-corrected chi connectivity index (χ1v) is 5.05. The zero-order valence-electron chi connectivity index (χ0n) is 9.49. The Balaban J connectivity index is 2.51. The largest absolute Gasteiger partial charge is 0.385 e. The van der Waals surface area contributed by atoms with E-state index < -0.39 is 6.10 Å². The molecule has 1 aromatic heterocycles. The molecule has 1 rings (SSSR count). The van der Waals surface area contributed by atoms with Crippen LogP contribution in [0.5, 0.6) is 0 Å². The van der Waals surface area contributed by atoms with Crippen LogP contribution in [0.1, 0.15) is 45.5 Å². The monoisotopic (exact) mass is 196 g/mol. The summed E-state index contributed by atoms with van der Waals surface area (Å²) in [4.78, 5) is 4.13. The Kier molecular flexibility index (Phi) is 3.32. The predicted molar refractivity (Wildman–Crippen MR) is 56.9 cm³/mol. The van der Waals surface area contributed by atoms with E-state index in [1.807, 2.05) is 17.8 Å². The average Bonchev–Trinajstić information content (AvgIpc) is 2.46. The summed E-state index contributed by atoms with van der Waals surface area (Å²) in [6.07, 6.45) is 4.91. The van der Waals surface area contributed by atoms with Gasteiger partial charge in [-0.1, -0.05) is 20.8 Å². The van der Waals surface area contributed by atoms with Crippen LogP contribution in [-0.2, 0) is 7.05 Å². The Morgan fingerprint density at radius 3 is 2.57 bits per heavy atom. The SMILES string of the molecule is Cn1ccnc1C(O)CCC(C)(C)C. The van der Waals surface area contributed by atoms with E-state index in [2.05, 4.69) is 25.8 Å². The summed E-state index contributed by atoms with van der Waals surface area (Å²) in [7, 11) is 1.91. The van der Waals surface area contributed by atoms with Crippen LogP contribution >= 0.6 is 0 Å². The van der Waals surface area contributed by atoms with Crippen LogP contribution in [0.4, 0.5) is 0 Å². The zero-order valence-corrected chi connectivity index (χ0v) is 9.49. The maximum absolute atomic E-state index is 9.87. The highest BCUT2D eigenvalue weighted by Gasteiger charge is 2.17. The average molecular weight is 196 g/mol. The molecule has 0 saturated carbocycles. The lowest BCUT2D eigenvalue weighted by molar-refractivity contribution is 0.136. The quantitative estimate of drug-likeness (QED) is 0.805. The van der Waals surface area contributed by atoms with E-state index in [1.54, 1.807) is 6.20 Å². The van der Waals surface area contributed by atoms with Gasteiger partial charge in [0.2, 0.25) is 0 Å². The second-order valence-corrected chi connectivity index (χ2v) is 5.01. The van der Waals surface area contributed by atoms with Crippen molar-refractivity contribution in [1.82, 2.24) is 9.55 Å². The first-order valence-electron chi connectivity index (χ1n) is 5.05. The molecule has 0 radical (unpaired) electrons. The first-order chi connectivity index (χ1) is 6.40. The number of rotatable bonds is 3. The van der Waals surface area contributed by atoms with Crippen molar-refractivity contribution in [2.24, 2.45) is 12.5 Å². The van der Waals surface area contributed by atoms with Crippen molar-refractivity contribution in [3.8, 4) is 0 Å². The molecule has 1 aromatic rings. The fraction of sp³-hybridized carbons (Fsp3) is 0.727. The number of aryl methyl sites for hydroxylation is 1. The molecule has 0 aliphatic heterocycles. The third kappa shape index (κ3) is 3.14. The van der Waals surface area contributed by atoms with E-state index in [1.165, 1.54) is 0 Å². The molecule has 0 aliphatic rings. The van der Waals surface area contributed by atoms with Crippen LogP contribution in [0.25, 0.3) is 0 Å². The number of aliphatic hydroxyl groups is 1. The van der Waals surface area contributed by atoms with Crippen LogP contribution in [-0.4, -0.2) is 14.7 Å². The van der Waals surface area contributed by atoms with Crippen LogP contribution in [0.15, 0.2) is 12.4 Å². The number of hydrogen-bond donors (Lipinski definition) is 1. The molecule has 0 fully saturated rings. The molecule has 14 heavy (non-hydrogen) atoms. The fourth-order valence-corrected chi connectivity index (χ4v) is 1.40. The molecule has 0 saturated heterocycles. The molecule has 1 N–H and O–H groups in total. The van der Waals surface area contributed by atoms with Crippen molar-refractivity contribution in [2.45, 2.75) is 39.7 Å². The van der Waals surface area contributed by atoms with Gasteiger partial charge in [-0.2, -0.15) is 0 Å². The van der Waals surface area contributed by atoms with Crippen molar-refractivity contribution < 1.29 is 5.11 Å². The summed E-state index contributed by atoms with van der Waals surface area (Å²) in [5.74, 6) is 0.759. The Morgan fingerprint density at radius 2 is 2.14 bits per heavy atom. The highest BCUT2D eigenvalue weighted by molar-refractivity contribution is 4.95. The Labute approximate surface area is 85.8 Å². The summed E-state index contributed by atoms with van der Waals surface area (Å²) in [6, 6.07) is 0. The number of hydrogen-bond acceptors (Lipinski definition) is 2. The topological polar surface area (TPSA) is 38.0 Å². The molecule has 3 nitrogen and oxygen atoms in total. The van der Waals surface area contributed by atoms with E-state index in [9.17, 15) is 5.11 Å². The Hall–Kier alpha value is -0.830. The summed E-state index contributed by atoms with van der Waals surface area (Å²) in [6.45, 7) is 6.54. The maximum atomic E-state index is 9.87. The second-order valence-electron chi connectivity index (χ2n) is 5.01. The molecular formula is C11H20N2O. The lowest BCUT2D eigenvalue weighted by atomic mass is 9.89. The number of imidazole rings is 1. The lowest BCUT2D eigenvalue weighted by Gasteiger charge is -2.20. The number of aliphatic hydroxyl groups excluding tert-OH is 1. The highest BCUT2D eigenvalue weighted by atomic mass is 16.3. The number of aromatic nitrogens is 2. The van der Waals surface area contributed by atoms with Gasteiger partial charge in [-0.05, 0) is 18.3 Å². The third-order valence-corrected chi connectivity index (χ3v) is 2.32. The van der Waals surface area contributed by atoms with Crippen molar-refractivity contribution in [3.05, 3.63) is 18.2 Å². The molecule has 0 aliphatic carbocycles. The molecule has 1 unspecified atom stereocenters. The first kappa shape index (κ1) is 11.2. The molecule has 1 heterocycles. The zero-order chi connectivity index (χ0) is 10.8. The number of nitrogens with zero attached hydrogens (tertiary/aromatic N) is 2. The predicted octanol–water partition coefficient (Wildman–Crippen LogP) is 2.28. The lowest BCUT2D eigenvalue weighted by Crippen LogP contribution is -2.11. The van der Waals surface area contributed by atoms with Gasteiger partial charge in [-0.3, -0.25) is 0 Å². The van der Waals surface area contributed by atoms with Crippen molar-refractivity contribution in [3.63, 3.8) is 0 Å². The Morgan fingerprint density at radius 1 is 1.50 bits per heavy atom. The van der Waals surface area contributed by atoms with Gasteiger partial charge in [0.25, 0.3) is 0 Å². The van der Waals surface area contributed by atoms with Gasteiger partial charge in [-0.25, -0.2) is 4.98 Å². The van der Waals surface area contributed by atoms with Crippen molar-refractivity contribution >= 4 is 0 Å². The minimum absolute atomic E-state index is 0.270. The third-order valence-electron chi connectivity index (χ3n) is 2.32. The van der Waals surface area contributed by atoms with Gasteiger partial charge in [-0.15, -0.1) is 0 Å². The minimum Gasteiger partial charge on any atom is -0.385 e. The van der Waals surface area contributed by atoms with E-state index in [0.29, 0.717) is 0 Å². The smallest absolute Gasteiger partial charge is 0.137 e. The van der Waals surface area contributed by atoms with Gasteiger partial charge in [0.15, 0.2) is 0 Å².